The standard InChI is InChI=1S/C11H13ClN2O4S/c12-8-4-2-1-3-7(8)11(16)14-13-9-5-19(17,18)6-10(9)15/h1-4,9-10,13,15H,5-6H2,(H,14,16)/t9-,10-/m0/s1. The van der Waals surface area contributed by atoms with E-state index in [0.717, 1.165) is 0 Å². The van der Waals surface area contributed by atoms with E-state index in [1.54, 1.807) is 24.3 Å². The Morgan fingerprint density at radius 1 is 1.32 bits per heavy atom. The van der Waals surface area contributed by atoms with Crippen molar-refractivity contribution in [2.24, 2.45) is 0 Å². The van der Waals surface area contributed by atoms with Gasteiger partial charge in [0.05, 0.1) is 34.2 Å². The molecular weight excluding hydrogens is 292 g/mol. The predicted molar refractivity (Wildman–Crippen MR) is 70.5 cm³/mol. The van der Waals surface area contributed by atoms with Gasteiger partial charge in [-0.3, -0.25) is 10.2 Å². The lowest BCUT2D eigenvalue weighted by Gasteiger charge is -2.15. The summed E-state index contributed by atoms with van der Waals surface area (Å²) in [6.45, 7) is 0. The summed E-state index contributed by atoms with van der Waals surface area (Å²) in [7, 11) is -3.26. The first kappa shape index (κ1) is 14.3. The third-order valence-corrected chi connectivity index (χ3v) is 4.86. The molecule has 2 rings (SSSR count). The number of sulfone groups is 1. The summed E-state index contributed by atoms with van der Waals surface area (Å²) < 4.78 is 22.6. The maximum atomic E-state index is 11.8. The largest absolute Gasteiger partial charge is 0.390 e. The fourth-order valence-electron chi connectivity index (χ4n) is 1.84. The Kier molecular flexibility index (Phi) is 4.10. The first-order valence-electron chi connectivity index (χ1n) is 5.58. The number of hydrazine groups is 1. The van der Waals surface area contributed by atoms with Gasteiger partial charge in [0, 0.05) is 0 Å². The predicted octanol–water partition coefficient (Wildman–Crippen LogP) is -0.268. The molecule has 0 aliphatic carbocycles. The number of hydrogen-bond donors (Lipinski definition) is 3. The Balaban J connectivity index is 1.97. The molecule has 1 aliphatic rings. The molecule has 1 aliphatic heterocycles. The van der Waals surface area contributed by atoms with E-state index in [-0.39, 0.29) is 17.1 Å². The number of carbonyl (C=O) groups is 1. The van der Waals surface area contributed by atoms with E-state index in [0.29, 0.717) is 5.02 Å². The number of hydrogen-bond acceptors (Lipinski definition) is 5. The molecule has 1 amide bonds. The fourth-order valence-corrected chi connectivity index (χ4v) is 3.80. The quantitative estimate of drug-likeness (QED) is 0.668. The molecule has 0 saturated carbocycles. The number of halogens is 1. The molecule has 0 bridgehead atoms. The molecule has 1 aromatic rings. The van der Waals surface area contributed by atoms with Gasteiger partial charge in [-0.1, -0.05) is 23.7 Å². The van der Waals surface area contributed by atoms with Crippen molar-refractivity contribution in [2.45, 2.75) is 12.1 Å². The number of amides is 1. The van der Waals surface area contributed by atoms with Crippen LogP contribution in [0.25, 0.3) is 0 Å². The number of benzene rings is 1. The maximum absolute atomic E-state index is 11.8. The molecule has 0 spiro atoms. The average molecular weight is 305 g/mol. The van der Waals surface area contributed by atoms with E-state index in [2.05, 4.69) is 10.9 Å². The van der Waals surface area contributed by atoms with Crippen molar-refractivity contribution >= 4 is 27.3 Å². The van der Waals surface area contributed by atoms with Gasteiger partial charge in [0.2, 0.25) is 0 Å². The minimum Gasteiger partial charge on any atom is -0.390 e. The normalized spacial score (nSPS) is 25.2. The van der Waals surface area contributed by atoms with Crippen LogP contribution in [0.1, 0.15) is 10.4 Å². The molecule has 0 aromatic heterocycles. The Morgan fingerprint density at radius 3 is 2.58 bits per heavy atom. The van der Waals surface area contributed by atoms with Crippen molar-refractivity contribution in [2.75, 3.05) is 11.5 Å². The van der Waals surface area contributed by atoms with Gasteiger partial charge in [-0.15, -0.1) is 0 Å². The SMILES string of the molecule is O=C(NN[C@H]1CS(=O)(=O)C[C@@H]1O)c1ccccc1Cl. The second kappa shape index (κ2) is 5.46. The van der Waals surface area contributed by atoms with Crippen LogP contribution in [0, 0.1) is 0 Å². The van der Waals surface area contributed by atoms with Crippen molar-refractivity contribution in [1.82, 2.24) is 10.9 Å². The average Bonchev–Trinajstić information content (AvgIpc) is 2.60. The van der Waals surface area contributed by atoms with Gasteiger partial charge >= 0.3 is 0 Å². The molecule has 3 N–H and O–H groups in total. The van der Waals surface area contributed by atoms with Gasteiger partial charge in [-0.2, -0.15) is 0 Å². The molecule has 1 saturated heterocycles. The van der Waals surface area contributed by atoms with Gasteiger partial charge in [-0.05, 0) is 12.1 Å². The van der Waals surface area contributed by atoms with E-state index in [1.807, 2.05) is 0 Å². The van der Waals surface area contributed by atoms with Crippen molar-refractivity contribution in [3.8, 4) is 0 Å². The third kappa shape index (κ3) is 3.44. The van der Waals surface area contributed by atoms with Gasteiger partial charge in [0.25, 0.3) is 5.91 Å². The van der Waals surface area contributed by atoms with E-state index in [1.165, 1.54) is 0 Å². The monoisotopic (exact) mass is 304 g/mol. The van der Waals surface area contributed by atoms with Crippen LogP contribution in [0.3, 0.4) is 0 Å². The minimum absolute atomic E-state index is 0.211. The summed E-state index contributed by atoms with van der Waals surface area (Å²) in [5, 5.41) is 9.84. The summed E-state index contributed by atoms with van der Waals surface area (Å²) >= 11 is 5.85. The Labute approximate surface area is 115 Å². The summed E-state index contributed by atoms with van der Waals surface area (Å²) in [4.78, 5) is 11.8. The first-order valence-corrected chi connectivity index (χ1v) is 7.78. The van der Waals surface area contributed by atoms with Gasteiger partial charge in [-0.25, -0.2) is 13.8 Å². The molecule has 6 nitrogen and oxygen atoms in total. The van der Waals surface area contributed by atoms with Crippen LogP contribution in [0.4, 0.5) is 0 Å². The molecule has 0 radical (unpaired) electrons. The van der Waals surface area contributed by atoms with Crippen molar-refractivity contribution in [3.05, 3.63) is 34.9 Å². The number of rotatable bonds is 3. The molecule has 1 aromatic carbocycles. The second-order valence-electron chi connectivity index (χ2n) is 4.33. The van der Waals surface area contributed by atoms with Crippen LogP contribution >= 0.6 is 11.6 Å². The lowest BCUT2D eigenvalue weighted by atomic mass is 10.2. The Hall–Kier alpha value is -1.15. The van der Waals surface area contributed by atoms with Gasteiger partial charge < -0.3 is 5.11 Å². The highest BCUT2D eigenvalue weighted by molar-refractivity contribution is 7.91. The van der Waals surface area contributed by atoms with Crippen LogP contribution in [-0.2, 0) is 9.84 Å². The lowest BCUT2D eigenvalue weighted by molar-refractivity contribution is 0.0901. The maximum Gasteiger partial charge on any atom is 0.266 e. The molecule has 1 fully saturated rings. The van der Waals surface area contributed by atoms with Crippen LogP contribution in [0.2, 0.25) is 5.02 Å². The molecule has 2 atom stereocenters. The number of aliphatic hydroxyl groups is 1. The van der Waals surface area contributed by atoms with Crippen molar-refractivity contribution < 1.29 is 18.3 Å². The zero-order chi connectivity index (χ0) is 14.0. The molecule has 19 heavy (non-hydrogen) atoms. The second-order valence-corrected chi connectivity index (χ2v) is 6.89. The van der Waals surface area contributed by atoms with Crippen LogP contribution in [0.15, 0.2) is 24.3 Å². The molecule has 104 valence electrons. The Morgan fingerprint density at radius 2 is 2.00 bits per heavy atom. The highest BCUT2D eigenvalue weighted by Gasteiger charge is 2.36. The van der Waals surface area contributed by atoms with Crippen LogP contribution in [0.5, 0.6) is 0 Å². The third-order valence-electron chi connectivity index (χ3n) is 2.81. The minimum atomic E-state index is -3.26. The lowest BCUT2D eigenvalue weighted by Crippen LogP contribution is -2.49. The van der Waals surface area contributed by atoms with Gasteiger partial charge in [0.15, 0.2) is 9.84 Å². The summed E-state index contributed by atoms with van der Waals surface area (Å²) in [5.41, 5.74) is 5.15. The van der Waals surface area contributed by atoms with Crippen molar-refractivity contribution in [3.63, 3.8) is 0 Å². The number of nitrogens with one attached hydrogen (secondary N) is 2. The molecular formula is C11H13ClN2O4S. The van der Waals surface area contributed by atoms with E-state index in [4.69, 9.17) is 11.6 Å². The topological polar surface area (TPSA) is 95.5 Å². The zero-order valence-corrected chi connectivity index (χ0v) is 11.4. The summed E-state index contributed by atoms with van der Waals surface area (Å²) in [5.74, 6) is -0.994. The van der Waals surface area contributed by atoms with Crippen LogP contribution in [-0.4, -0.2) is 43.1 Å². The fraction of sp³-hybridized carbons (Fsp3) is 0.364. The van der Waals surface area contributed by atoms with E-state index >= 15 is 0 Å². The summed E-state index contributed by atoms with van der Waals surface area (Å²) in [6.07, 6.45) is -1.03. The van der Waals surface area contributed by atoms with Crippen LogP contribution < -0.4 is 10.9 Å². The van der Waals surface area contributed by atoms with Crippen molar-refractivity contribution in [1.29, 1.82) is 0 Å². The molecule has 1 heterocycles. The Bertz CT molecular complexity index is 590. The summed E-state index contributed by atoms with van der Waals surface area (Å²) in [6, 6.07) is 5.76. The first-order chi connectivity index (χ1) is 8.89. The number of aliphatic hydroxyl groups excluding tert-OH is 1. The van der Waals surface area contributed by atoms with Gasteiger partial charge in [0.1, 0.15) is 0 Å². The van der Waals surface area contributed by atoms with E-state index in [9.17, 15) is 18.3 Å². The molecule has 0 unspecified atom stereocenters. The highest BCUT2D eigenvalue weighted by Crippen LogP contribution is 2.15. The molecule has 8 heteroatoms. The van der Waals surface area contributed by atoms with E-state index < -0.39 is 27.9 Å². The highest BCUT2D eigenvalue weighted by atomic mass is 35.5. The number of carbonyl (C=O) groups excluding carboxylic acids is 1. The smallest absolute Gasteiger partial charge is 0.266 e. The zero-order valence-electron chi connectivity index (χ0n) is 9.84.